The first-order valence-electron chi connectivity index (χ1n) is 11.7. The largest absolute Gasteiger partial charge is 0.492 e. The Kier molecular flexibility index (Phi) is 8.41. The average Bonchev–Trinajstić information content (AvgIpc) is 2.93. The fraction of sp³-hybridized carbons (Fsp3) is 0.179. The summed E-state index contributed by atoms with van der Waals surface area (Å²) in [5.74, 6) is 0.369. The van der Waals surface area contributed by atoms with E-state index in [9.17, 15) is 9.59 Å². The Balaban J connectivity index is 1.55. The molecule has 0 fully saturated rings. The second kappa shape index (κ2) is 12.1. The van der Waals surface area contributed by atoms with E-state index in [-0.39, 0.29) is 17.4 Å². The molecular weight excluding hydrogens is 472 g/mol. The molecule has 0 saturated carbocycles. The third-order valence-electron chi connectivity index (χ3n) is 5.29. The van der Waals surface area contributed by atoms with Crippen molar-refractivity contribution in [2.45, 2.75) is 25.4 Å². The van der Waals surface area contributed by atoms with E-state index >= 15 is 0 Å². The molecule has 3 aromatic carbocycles. The summed E-state index contributed by atoms with van der Waals surface area (Å²) < 4.78 is 5.65. The number of rotatable bonds is 10. The number of hydrogen-bond acceptors (Lipinski definition) is 7. The van der Waals surface area contributed by atoms with Crippen LogP contribution in [-0.4, -0.2) is 39.2 Å². The zero-order chi connectivity index (χ0) is 25.3. The van der Waals surface area contributed by atoms with E-state index in [2.05, 4.69) is 15.5 Å². The van der Waals surface area contributed by atoms with Crippen molar-refractivity contribution in [3.63, 3.8) is 0 Å². The molecule has 0 aliphatic heterocycles. The molecule has 36 heavy (non-hydrogen) atoms. The van der Waals surface area contributed by atoms with Gasteiger partial charge in [-0.2, -0.15) is 0 Å². The Labute approximate surface area is 214 Å². The maximum absolute atomic E-state index is 13.0. The molecule has 0 unspecified atom stereocenters. The molecule has 182 valence electrons. The molecule has 1 amide bonds. The zero-order valence-electron chi connectivity index (χ0n) is 20.1. The van der Waals surface area contributed by atoms with Gasteiger partial charge in [0.1, 0.15) is 17.1 Å². The zero-order valence-corrected chi connectivity index (χ0v) is 20.9. The van der Waals surface area contributed by atoms with Crippen molar-refractivity contribution in [1.82, 2.24) is 15.2 Å². The number of benzene rings is 3. The smallest absolute Gasteiger partial charge is 0.224 e. The van der Waals surface area contributed by atoms with Crippen molar-refractivity contribution in [1.29, 1.82) is 0 Å². The van der Waals surface area contributed by atoms with Crippen LogP contribution >= 0.6 is 11.8 Å². The van der Waals surface area contributed by atoms with Crippen molar-refractivity contribution >= 4 is 29.1 Å². The number of nitrogens with one attached hydrogen (secondary N) is 1. The van der Waals surface area contributed by atoms with Crippen LogP contribution < -0.4 is 10.1 Å². The summed E-state index contributed by atoms with van der Waals surface area (Å²) >= 11 is 1.23. The van der Waals surface area contributed by atoms with E-state index in [1.165, 1.54) is 11.8 Å². The summed E-state index contributed by atoms with van der Waals surface area (Å²) in [6, 6.07) is 24.6. The van der Waals surface area contributed by atoms with Crippen molar-refractivity contribution in [3.8, 4) is 28.3 Å². The monoisotopic (exact) mass is 498 g/mol. The fourth-order valence-electron chi connectivity index (χ4n) is 3.49. The molecule has 4 rings (SSSR count). The Hall–Kier alpha value is -4.04. The molecule has 0 radical (unpaired) electrons. The van der Waals surface area contributed by atoms with Crippen molar-refractivity contribution < 1.29 is 14.3 Å². The molecule has 0 bridgehead atoms. The highest BCUT2D eigenvalue weighted by Crippen LogP contribution is 2.30. The first kappa shape index (κ1) is 25.1. The van der Waals surface area contributed by atoms with E-state index in [4.69, 9.17) is 9.72 Å². The number of amides is 1. The topological polar surface area (TPSA) is 94.1 Å². The number of ketones is 1. The van der Waals surface area contributed by atoms with Crippen LogP contribution in [0.4, 0.5) is 5.69 Å². The van der Waals surface area contributed by atoms with E-state index in [1.54, 1.807) is 25.1 Å². The summed E-state index contributed by atoms with van der Waals surface area (Å²) in [5.41, 5.74) is 4.26. The number of aromatic nitrogens is 3. The minimum atomic E-state index is -0.122. The number of anilines is 1. The van der Waals surface area contributed by atoms with Gasteiger partial charge in [0, 0.05) is 23.1 Å². The lowest BCUT2D eigenvalue weighted by atomic mass is 10.0. The van der Waals surface area contributed by atoms with Gasteiger partial charge in [0.2, 0.25) is 11.1 Å². The molecule has 8 heteroatoms. The molecule has 4 aromatic rings. The van der Waals surface area contributed by atoms with E-state index in [1.807, 2.05) is 67.6 Å². The van der Waals surface area contributed by atoms with Crippen molar-refractivity contribution in [2.24, 2.45) is 0 Å². The van der Waals surface area contributed by atoms with Crippen LogP contribution in [0.25, 0.3) is 22.5 Å². The molecule has 7 nitrogen and oxygen atoms in total. The van der Waals surface area contributed by atoms with Gasteiger partial charge in [0.15, 0.2) is 5.78 Å². The van der Waals surface area contributed by atoms with Crippen molar-refractivity contribution in [3.05, 3.63) is 84.4 Å². The summed E-state index contributed by atoms with van der Waals surface area (Å²) in [7, 11) is 0. The van der Waals surface area contributed by atoms with Crippen LogP contribution in [0.1, 0.15) is 30.6 Å². The quantitative estimate of drug-likeness (QED) is 0.214. The molecule has 0 aliphatic rings. The van der Waals surface area contributed by atoms with Gasteiger partial charge in [0.25, 0.3) is 0 Å². The average molecular weight is 499 g/mol. The Morgan fingerprint density at radius 2 is 1.53 bits per heavy atom. The number of thioether (sulfide) groups is 1. The third kappa shape index (κ3) is 6.14. The van der Waals surface area contributed by atoms with Crippen LogP contribution in [-0.2, 0) is 4.79 Å². The summed E-state index contributed by atoms with van der Waals surface area (Å²) in [6.07, 6.45) is 0.352. The highest BCUT2D eigenvalue weighted by atomic mass is 32.2. The van der Waals surface area contributed by atoms with Gasteiger partial charge in [-0.15, -0.1) is 10.2 Å². The van der Waals surface area contributed by atoms with Crippen LogP contribution in [0.3, 0.4) is 0 Å². The standard InChI is InChI=1S/C28H26N4O3S/c1-3-25(34)29-22-16-15-21(17-24(22)35-4-2)23(33)18-36-28-30-26(19-11-7-5-8-12-19)27(31-32-28)20-13-9-6-10-14-20/h5-17H,3-4,18H2,1-2H3,(H,29,34). The molecule has 0 atom stereocenters. The Bertz CT molecular complexity index is 1350. The molecule has 0 spiro atoms. The lowest BCUT2D eigenvalue weighted by molar-refractivity contribution is -0.115. The summed E-state index contributed by atoms with van der Waals surface area (Å²) in [5, 5.41) is 12.0. The van der Waals surface area contributed by atoms with Crippen molar-refractivity contribution in [2.75, 3.05) is 17.7 Å². The predicted molar refractivity (Wildman–Crippen MR) is 142 cm³/mol. The second-order valence-corrected chi connectivity index (χ2v) is 8.72. The Morgan fingerprint density at radius 1 is 0.861 bits per heavy atom. The summed E-state index contributed by atoms with van der Waals surface area (Å²) in [6.45, 7) is 4.04. The number of nitrogens with zero attached hydrogens (tertiary/aromatic N) is 3. The number of Topliss-reactive ketones (excluding diaryl/α,β-unsaturated/α-hetero) is 1. The molecule has 1 heterocycles. The predicted octanol–water partition coefficient (Wildman–Crippen LogP) is 5.93. The van der Waals surface area contributed by atoms with Gasteiger partial charge >= 0.3 is 0 Å². The number of ether oxygens (including phenoxy) is 1. The normalized spacial score (nSPS) is 10.6. The van der Waals surface area contributed by atoms with Crippen LogP contribution in [0.2, 0.25) is 0 Å². The molecule has 1 N–H and O–H groups in total. The number of hydrogen-bond donors (Lipinski definition) is 1. The van der Waals surface area contributed by atoms with Gasteiger partial charge < -0.3 is 10.1 Å². The van der Waals surface area contributed by atoms with Gasteiger partial charge in [-0.05, 0) is 25.1 Å². The van der Waals surface area contributed by atoms with Crippen LogP contribution in [0, 0.1) is 0 Å². The number of carbonyl (C=O) groups is 2. The summed E-state index contributed by atoms with van der Waals surface area (Å²) in [4.78, 5) is 29.5. The third-order valence-corrected chi connectivity index (χ3v) is 6.13. The van der Waals surface area contributed by atoms with Crippen LogP contribution in [0.5, 0.6) is 5.75 Å². The maximum atomic E-state index is 13.0. The second-order valence-electron chi connectivity index (χ2n) is 7.78. The number of carbonyl (C=O) groups excluding carboxylic acids is 2. The maximum Gasteiger partial charge on any atom is 0.224 e. The molecule has 0 saturated heterocycles. The van der Waals surface area contributed by atoms with E-state index < -0.39 is 0 Å². The first-order valence-corrected chi connectivity index (χ1v) is 12.7. The fourth-order valence-corrected chi connectivity index (χ4v) is 4.17. The van der Waals surface area contributed by atoms with Gasteiger partial charge in [0.05, 0.1) is 18.0 Å². The Morgan fingerprint density at radius 3 is 2.17 bits per heavy atom. The van der Waals surface area contributed by atoms with Gasteiger partial charge in [-0.25, -0.2) is 4.98 Å². The lowest BCUT2D eigenvalue weighted by Crippen LogP contribution is -2.12. The van der Waals surface area contributed by atoms with Gasteiger partial charge in [-0.3, -0.25) is 9.59 Å². The highest BCUT2D eigenvalue weighted by molar-refractivity contribution is 7.99. The van der Waals surface area contributed by atoms with E-state index in [0.29, 0.717) is 46.6 Å². The highest BCUT2D eigenvalue weighted by Gasteiger charge is 2.16. The van der Waals surface area contributed by atoms with E-state index in [0.717, 1.165) is 11.1 Å². The SMILES string of the molecule is CCOc1cc(C(=O)CSc2nnc(-c3ccccc3)c(-c3ccccc3)n2)ccc1NC(=O)CC. The van der Waals surface area contributed by atoms with Gasteiger partial charge in [-0.1, -0.05) is 79.3 Å². The van der Waals surface area contributed by atoms with Crippen LogP contribution in [0.15, 0.2) is 84.0 Å². The lowest BCUT2D eigenvalue weighted by Gasteiger charge is -2.12. The minimum Gasteiger partial charge on any atom is -0.492 e. The molecule has 1 aromatic heterocycles. The molecule has 0 aliphatic carbocycles. The minimum absolute atomic E-state index is 0.105. The molecular formula is C28H26N4O3S. The first-order chi connectivity index (χ1) is 17.6.